The largest absolute Gasteiger partial charge is 0.375 e. The molecule has 1 amide bonds. The van der Waals surface area contributed by atoms with Crippen molar-refractivity contribution in [3.63, 3.8) is 0 Å². The third-order valence-corrected chi connectivity index (χ3v) is 5.77. The minimum atomic E-state index is -0.0672. The number of rotatable bonds is 9. The monoisotopic (exact) mass is 424 g/mol. The fraction of sp³-hybridized carbons (Fsp3) is 0.348. The van der Waals surface area contributed by atoms with Crippen molar-refractivity contribution in [2.24, 2.45) is 0 Å². The van der Waals surface area contributed by atoms with E-state index in [4.69, 9.17) is 0 Å². The summed E-state index contributed by atoms with van der Waals surface area (Å²) in [4.78, 5) is 31.9. The van der Waals surface area contributed by atoms with Crippen molar-refractivity contribution in [3.05, 3.63) is 65.0 Å². The molecule has 0 spiro atoms. The summed E-state index contributed by atoms with van der Waals surface area (Å²) in [5.41, 5.74) is 1.75. The molecule has 1 heterocycles. The highest BCUT2D eigenvalue weighted by Gasteiger charge is 2.15. The quantitative estimate of drug-likeness (QED) is 0.322. The number of benzene rings is 2. The molecule has 2 aromatic carbocycles. The summed E-state index contributed by atoms with van der Waals surface area (Å²) in [5, 5.41) is 4.13. The highest BCUT2D eigenvalue weighted by molar-refractivity contribution is 7.99. The second kappa shape index (κ2) is 10.3. The second-order valence-electron chi connectivity index (χ2n) is 7.43. The number of hydrogen-bond donors (Lipinski definition) is 1. The lowest BCUT2D eigenvalue weighted by molar-refractivity contribution is -0.118. The first-order valence-electron chi connectivity index (χ1n) is 10.1. The molecule has 6 nitrogen and oxygen atoms in total. The number of amides is 1. The molecule has 0 radical (unpaired) electrons. The molecular formula is C23H28N4O2S. The van der Waals surface area contributed by atoms with Crippen LogP contribution in [0.3, 0.4) is 0 Å². The van der Waals surface area contributed by atoms with Crippen molar-refractivity contribution in [3.8, 4) is 0 Å². The van der Waals surface area contributed by atoms with Gasteiger partial charge in [-0.05, 0) is 44.5 Å². The van der Waals surface area contributed by atoms with E-state index in [1.807, 2.05) is 57.3 Å². The average molecular weight is 425 g/mol. The minimum Gasteiger partial charge on any atom is -0.375 e. The van der Waals surface area contributed by atoms with E-state index in [2.05, 4.69) is 27.3 Å². The molecule has 1 aromatic heterocycles. The molecule has 0 unspecified atom stereocenters. The Morgan fingerprint density at radius 2 is 1.83 bits per heavy atom. The van der Waals surface area contributed by atoms with Crippen molar-refractivity contribution in [2.75, 3.05) is 30.8 Å². The van der Waals surface area contributed by atoms with E-state index in [1.165, 1.54) is 11.8 Å². The zero-order valence-corrected chi connectivity index (χ0v) is 18.5. The normalized spacial score (nSPS) is 11.1. The van der Waals surface area contributed by atoms with Crippen LogP contribution in [-0.4, -0.2) is 41.3 Å². The Kier molecular flexibility index (Phi) is 7.52. The minimum absolute atomic E-state index is 0.0336. The van der Waals surface area contributed by atoms with Gasteiger partial charge in [0.15, 0.2) is 5.16 Å². The summed E-state index contributed by atoms with van der Waals surface area (Å²) in [6.07, 6.45) is 0.854. The summed E-state index contributed by atoms with van der Waals surface area (Å²) in [6.45, 7) is 5.37. The average Bonchev–Trinajstić information content (AvgIpc) is 2.75. The molecule has 0 saturated carbocycles. The van der Waals surface area contributed by atoms with Gasteiger partial charge in [-0.2, -0.15) is 0 Å². The molecule has 0 aliphatic rings. The van der Waals surface area contributed by atoms with Gasteiger partial charge in [-0.15, -0.1) is 0 Å². The summed E-state index contributed by atoms with van der Waals surface area (Å²) >= 11 is 1.30. The van der Waals surface area contributed by atoms with Crippen LogP contribution in [0.25, 0.3) is 10.9 Å². The van der Waals surface area contributed by atoms with Gasteiger partial charge in [0, 0.05) is 31.9 Å². The number of anilines is 1. The fourth-order valence-corrected chi connectivity index (χ4v) is 4.18. The van der Waals surface area contributed by atoms with Crippen LogP contribution in [0.4, 0.5) is 5.69 Å². The number of para-hydroxylation sites is 2. The van der Waals surface area contributed by atoms with Gasteiger partial charge in [0.25, 0.3) is 5.56 Å². The van der Waals surface area contributed by atoms with Crippen molar-refractivity contribution >= 4 is 34.3 Å². The van der Waals surface area contributed by atoms with Gasteiger partial charge in [-0.25, -0.2) is 4.98 Å². The maximum Gasteiger partial charge on any atom is 0.262 e. The molecule has 3 rings (SSSR count). The van der Waals surface area contributed by atoms with E-state index in [-0.39, 0.29) is 23.3 Å². The molecule has 0 aliphatic heterocycles. The van der Waals surface area contributed by atoms with Crippen LogP contribution in [-0.2, 0) is 4.79 Å². The number of nitrogens with one attached hydrogen (secondary N) is 1. The number of fused-ring (bicyclic) bond motifs is 1. The van der Waals surface area contributed by atoms with Crippen molar-refractivity contribution < 1.29 is 4.79 Å². The molecule has 1 N–H and O–H groups in total. The van der Waals surface area contributed by atoms with Gasteiger partial charge in [0.2, 0.25) is 5.91 Å². The van der Waals surface area contributed by atoms with E-state index in [9.17, 15) is 9.59 Å². The Hall–Kier alpha value is -2.80. The van der Waals surface area contributed by atoms with Crippen LogP contribution in [0.15, 0.2) is 64.5 Å². The van der Waals surface area contributed by atoms with Crippen molar-refractivity contribution in [1.82, 2.24) is 14.9 Å². The Labute approximate surface area is 181 Å². The topological polar surface area (TPSA) is 67.2 Å². The van der Waals surface area contributed by atoms with Crippen LogP contribution in [0.1, 0.15) is 26.3 Å². The van der Waals surface area contributed by atoms with Gasteiger partial charge >= 0.3 is 0 Å². The van der Waals surface area contributed by atoms with E-state index in [1.54, 1.807) is 10.6 Å². The van der Waals surface area contributed by atoms with Gasteiger partial charge in [0.1, 0.15) is 0 Å². The van der Waals surface area contributed by atoms with E-state index < -0.39 is 0 Å². The number of carbonyl (C=O) groups is 1. The SMILES string of the molecule is CC(C)n1c(SCC(=O)NCCCN(C)c2ccccc2)nc2ccccc2c1=O. The maximum absolute atomic E-state index is 12.8. The molecule has 7 heteroatoms. The zero-order chi connectivity index (χ0) is 21.5. The summed E-state index contributed by atoms with van der Waals surface area (Å²) in [6, 6.07) is 17.5. The highest BCUT2D eigenvalue weighted by Crippen LogP contribution is 2.20. The standard InChI is InChI=1S/C23H28N4O2S/c1-17(2)27-22(29)19-12-7-8-13-20(19)25-23(27)30-16-21(28)24-14-9-15-26(3)18-10-5-4-6-11-18/h4-8,10-13,17H,9,14-16H2,1-3H3,(H,24,28). The number of hydrogen-bond acceptors (Lipinski definition) is 5. The molecule has 0 fully saturated rings. The Morgan fingerprint density at radius 1 is 1.13 bits per heavy atom. The van der Waals surface area contributed by atoms with Crippen molar-refractivity contribution in [2.45, 2.75) is 31.5 Å². The Balaban J connectivity index is 1.54. The zero-order valence-electron chi connectivity index (χ0n) is 17.7. The number of aromatic nitrogens is 2. The van der Waals surface area contributed by atoms with Gasteiger partial charge in [0.05, 0.1) is 16.7 Å². The Morgan fingerprint density at radius 3 is 2.57 bits per heavy atom. The van der Waals surface area contributed by atoms with Crippen LogP contribution in [0.5, 0.6) is 0 Å². The van der Waals surface area contributed by atoms with Crippen LogP contribution >= 0.6 is 11.8 Å². The van der Waals surface area contributed by atoms with Gasteiger partial charge < -0.3 is 10.2 Å². The van der Waals surface area contributed by atoms with E-state index in [0.717, 1.165) is 18.7 Å². The molecule has 30 heavy (non-hydrogen) atoms. The predicted molar refractivity (Wildman–Crippen MR) is 124 cm³/mol. The third-order valence-electron chi connectivity index (χ3n) is 4.81. The van der Waals surface area contributed by atoms with E-state index in [0.29, 0.717) is 22.6 Å². The molecule has 0 atom stereocenters. The first kappa shape index (κ1) is 21.9. The van der Waals surface area contributed by atoms with E-state index >= 15 is 0 Å². The predicted octanol–water partition coefficient (Wildman–Crippen LogP) is 3.71. The van der Waals surface area contributed by atoms with Crippen molar-refractivity contribution in [1.29, 1.82) is 0 Å². The molecule has 0 bridgehead atoms. The highest BCUT2D eigenvalue weighted by atomic mass is 32.2. The van der Waals surface area contributed by atoms with Crippen LogP contribution in [0, 0.1) is 0 Å². The third kappa shape index (κ3) is 5.42. The molecule has 3 aromatic rings. The maximum atomic E-state index is 12.8. The first-order chi connectivity index (χ1) is 14.5. The van der Waals surface area contributed by atoms with Crippen LogP contribution in [0.2, 0.25) is 0 Å². The lowest BCUT2D eigenvalue weighted by Gasteiger charge is -2.19. The molecular weight excluding hydrogens is 396 g/mol. The summed E-state index contributed by atoms with van der Waals surface area (Å²) in [5.74, 6) is 0.173. The summed E-state index contributed by atoms with van der Waals surface area (Å²) in [7, 11) is 2.05. The smallest absolute Gasteiger partial charge is 0.262 e. The number of thioether (sulfide) groups is 1. The first-order valence-corrected chi connectivity index (χ1v) is 11.1. The number of nitrogens with zero attached hydrogens (tertiary/aromatic N) is 3. The molecule has 0 aliphatic carbocycles. The Bertz CT molecular complexity index is 1050. The molecule has 0 saturated heterocycles. The van der Waals surface area contributed by atoms with Gasteiger partial charge in [-0.1, -0.05) is 42.1 Å². The lowest BCUT2D eigenvalue weighted by Crippen LogP contribution is -2.30. The molecule has 158 valence electrons. The second-order valence-corrected chi connectivity index (χ2v) is 8.37. The fourth-order valence-electron chi connectivity index (χ4n) is 3.22. The van der Waals surface area contributed by atoms with Gasteiger partial charge in [-0.3, -0.25) is 14.2 Å². The van der Waals surface area contributed by atoms with Crippen LogP contribution < -0.4 is 15.8 Å². The lowest BCUT2D eigenvalue weighted by atomic mass is 10.2. The number of carbonyl (C=O) groups excluding carboxylic acids is 1. The summed E-state index contributed by atoms with van der Waals surface area (Å²) < 4.78 is 1.66.